The van der Waals surface area contributed by atoms with Crippen molar-refractivity contribution in [3.8, 4) is 0 Å². The molecule has 10 heteroatoms. The zero-order valence-corrected chi connectivity index (χ0v) is 17.0. The minimum absolute atomic E-state index is 0.0928. The number of hydrogen-bond acceptors (Lipinski definition) is 4. The Morgan fingerprint density at radius 2 is 1.64 bits per heavy atom. The van der Waals surface area contributed by atoms with E-state index in [9.17, 15) is 22.0 Å². The van der Waals surface area contributed by atoms with Crippen LogP contribution in [0, 0.1) is 11.6 Å². The van der Waals surface area contributed by atoms with Crippen LogP contribution in [0.5, 0.6) is 0 Å². The molecule has 0 atom stereocenters. The number of piperazine rings is 1. The Morgan fingerprint density at radius 1 is 1.00 bits per heavy atom. The van der Waals surface area contributed by atoms with E-state index < -0.39 is 21.7 Å². The van der Waals surface area contributed by atoms with Crippen LogP contribution in [-0.2, 0) is 14.8 Å². The Morgan fingerprint density at radius 3 is 2.25 bits per heavy atom. The molecular weight excluding hydrogens is 430 g/mol. The molecule has 0 bridgehead atoms. The lowest BCUT2D eigenvalue weighted by molar-refractivity contribution is -0.129. The number of amides is 1. The fraction of sp³-hybridized carbons (Fsp3) is 0.278. The molecule has 28 heavy (non-hydrogen) atoms. The first kappa shape index (κ1) is 21.0. The molecule has 1 amide bonds. The van der Waals surface area contributed by atoms with Crippen LogP contribution in [0.1, 0.15) is 0 Å². The maximum atomic E-state index is 13.4. The lowest BCUT2D eigenvalue weighted by Gasteiger charge is -2.34. The van der Waals surface area contributed by atoms with Gasteiger partial charge in [0.2, 0.25) is 15.9 Å². The number of rotatable bonds is 5. The van der Waals surface area contributed by atoms with Crippen molar-refractivity contribution in [1.29, 1.82) is 0 Å². The van der Waals surface area contributed by atoms with Gasteiger partial charge in [0.15, 0.2) is 11.6 Å². The zero-order chi connectivity index (χ0) is 20.3. The van der Waals surface area contributed by atoms with Gasteiger partial charge in [-0.2, -0.15) is 4.31 Å². The maximum absolute atomic E-state index is 13.4. The van der Waals surface area contributed by atoms with Crippen molar-refractivity contribution >= 4 is 39.3 Å². The highest BCUT2D eigenvalue weighted by Crippen LogP contribution is 2.22. The van der Waals surface area contributed by atoms with Gasteiger partial charge in [-0.05, 0) is 42.5 Å². The number of sulfonamides is 1. The second-order valence-electron chi connectivity index (χ2n) is 6.10. The minimum Gasteiger partial charge on any atom is -0.339 e. The highest BCUT2D eigenvalue weighted by Gasteiger charge is 2.30. The molecule has 5 nitrogen and oxygen atoms in total. The van der Waals surface area contributed by atoms with E-state index in [0.29, 0.717) is 11.1 Å². The SMILES string of the molecule is O=C(CSc1ccc(Cl)cc1)N1CCN(S(=O)(=O)c2ccc(F)c(F)c2)CC1. The molecule has 1 aliphatic heterocycles. The highest BCUT2D eigenvalue weighted by molar-refractivity contribution is 8.00. The molecule has 0 N–H and O–H groups in total. The van der Waals surface area contributed by atoms with Crippen molar-refractivity contribution in [2.75, 3.05) is 31.9 Å². The topological polar surface area (TPSA) is 57.7 Å². The molecule has 1 fully saturated rings. The van der Waals surface area contributed by atoms with Gasteiger partial charge < -0.3 is 4.90 Å². The van der Waals surface area contributed by atoms with E-state index in [1.807, 2.05) is 12.1 Å². The fourth-order valence-electron chi connectivity index (χ4n) is 2.73. The van der Waals surface area contributed by atoms with Crippen LogP contribution in [0.4, 0.5) is 8.78 Å². The largest absolute Gasteiger partial charge is 0.339 e. The number of benzene rings is 2. The molecule has 1 heterocycles. The molecule has 0 spiro atoms. The van der Waals surface area contributed by atoms with E-state index in [0.717, 1.165) is 17.0 Å². The van der Waals surface area contributed by atoms with Crippen LogP contribution >= 0.6 is 23.4 Å². The highest BCUT2D eigenvalue weighted by atomic mass is 35.5. The summed E-state index contributed by atoms with van der Waals surface area (Å²) in [5.74, 6) is -2.18. The van der Waals surface area contributed by atoms with Crippen LogP contribution in [0.3, 0.4) is 0 Å². The Kier molecular flexibility index (Phi) is 6.59. The summed E-state index contributed by atoms with van der Waals surface area (Å²) >= 11 is 7.21. The summed E-state index contributed by atoms with van der Waals surface area (Å²) in [5.41, 5.74) is 0. The van der Waals surface area contributed by atoms with Gasteiger partial charge in [-0.3, -0.25) is 4.79 Å². The molecule has 150 valence electrons. The smallest absolute Gasteiger partial charge is 0.243 e. The normalized spacial score (nSPS) is 15.6. The summed E-state index contributed by atoms with van der Waals surface area (Å²) < 4.78 is 52.8. The van der Waals surface area contributed by atoms with E-state index in [4.69, 9.17) is 11.6 Å². The van der Waals surface area contributed by atoms with Crippen molar-refractivity contribution < 1.29 is 22.0 Å². The van der Waals surface area contributed by atoms with Crippen LogP contribution in [0.2, 0.25) is 5.02 Å². The third-order valence-electron chi connectivity index (χ3n) is 4.30. The molecule has 0 unspecified atom stereocenters. The number of halogens is 3. The van der Waals surface area contributed by atoms with E-state index in [-0.39, 0.29) is 42.7 Å². The van der Waals surface area contributed by atoms with Crippen LogP contribution in [-0.4, -0.2) is 55.5 Å². The average Bonchev–Trinajstić information content (AvgIpc) is 2.69. The monoisotopic (exact) mass is 446 g/mol. The quantitative estimate of drug-likeness (QED) is 0.661. The second-order valence-corrected chi connectivity index (χ2v) is 9.53. The predicted molar refractivity (Wildman–Crippen MR) is 104 cm³/mol. The van der Waals surface area contributed by atoms with Crippen LogP contribution in [0.15, 0.2) is 52.3 Å². The van der Waals surface area contributed by atoms with Gasteiger partial charge in [-0.25, -0.2) is 17.2 Å². The first-order chi connectivity index (χ1) is 13.3. The summed E-state index contributed by atoms with van der Waals surface area (Å²) in [5, 5.41) is 0.619. The van der Waals surface area contributed by atoms with Gasteiger partial charge in [-0.15, -0.1) is 11.8 Å². The molecule has 2 aromatic carbocycles. The number of nitrogens with zero attached hydrogens (tertiary/aromatic N) is 2. The maximum Gasteiger partial charge on any atom is 0.243 e. The summed E-state index contributed by atoms with van der Waals surface area (Å²) in [7, 11) is -3.94. The lowest BCUT2D eigenvalue weighted by Crippen LogP contribution is -2.51. The molecule has 3 rings (SSSR count). The Labute approximate surface area is 171 Å². The first-order valence-corrected chi connectivity index (χ1v) is 11.2. The van der Waals surface area contributed by atoms with Crippen molar-refractivity contribution in [1.82, 2.24) is 9.21 Å². The lowest BCUT2D eigenvalue weighted by atomic mass is 10.3. The number of hydrogen-bond donors (Lipinski definition) is 0. The second kappa shape index (κ2) is 8.77. The van der Waals surface area contributed by atoms with E-state index >= 15 is 0 Å². The number of carbonyl (C=O) groups excluding carboxylic acids is 1. The third-order valence-corrected chi connectivity index (χ3v) is 7.44. The minimum atomic E-state index is -3.94. The van der Waals surface area contributed by atoms with Gasteiger partial charge in [0, 0.05) is 36.1 Å². The number of thioether (sulfide) groups is 1. The molecule has 2 aromatic rings. The van der Waals surface area contributed by atoms with Gasteiger partial charge in [0.05, 0.1) is 10.6 Å². The standard InChI is InChI=1S/C18H17ClF2N2O3S2/c19-13-1-3-14(4-2-13)27-12-18(24)22-7-9-23(10-8-22)28(25,26)15-5-6-16(20)17(21)11-15/h1-6,11H,7-10,12H2. The Balaban J connectivity index is 1.56. The van der Waals surface area contributed by atoms with Crippen molar-refractivity contribution in [2.45, 2.75) is 9.79 Å². The zero-order valence-electron chi connectivity index (χ0n) is 14.6. The fourth-order valence-corrected chi connectivity index (χ4v) is 5.09. The Hall–Kier alpha value is -1.68. The summed E-state index contributed by atoms with van der Waals surface area (Å²) in [6.45, 7) is 0.670. The van der Waals surface area contributed by atoms with Crippen molar-refractivity contribution in [2.24, 2.45) is 0 Å². The summed E-state index contributed by atoms with van der Waals surface area (Å²) in [4.78, 5) is 14.6. The van der Waals surface area contributed by atoms with E-state index in [2.05, 4.69) is 0 Å². The van der Waals surface area contributed by atoms with Gasteiger partial charge in [0.1, 0.15) is 0 Å². The van der Waals surface area contributed by atoms with Crippen LogP contribution < -0.4 is 0 Å². The third kappa shape index (κ3) is 4.83. The molecular formula is C18H17ClF2N2O3S2. The molecule has 0 aliphatic carbocycles. The van der Waals surface area contributed by atoms with Gasteiger partial charge >= 0.3 is 0 Å². The molecule has 0 radical (unpaired) electrons. The van der Waals surface area contributed by atoms with Gasteiger partial charge in [-0.1, -0.05) is 11.6 Å². The van der Waals surface area contributed by atoms with Gasteiger partial charge in [0.25, 0.3) is 0 Å². The average molecular weight is 447 g/mol. The molecule has 0 aromatic heterocycles. The van der Waals surface area contributed by atoms with Crippen LogP contribution in [0.25, 0.3) is 0 Å². The Bertz CT molecular complexity index is 963. The summed E-state index contributed by atoms with van der Waals surface area (Å²) in [6.07, 6.45) is 0. The molecule has 0 saturated carbocycles. The van der Waals surface area contributed by atoms with Crippen molar-refractivity contribution in [3.05, 3.63) is 59.1 Å². The number of carbonyl (C=O) groups is 1. The van der Waals surface area contributed by atoms with E-state index in [1.54, 1.807) is 17.0 Å². The molecule has 1 saturated heterocycles. The molecule has 1 aliphatic rings. The van der Waals surface area contributed by atoms with Crippen molar-refractivity contribution in [3.63, 3.8) is 0 Å². The first-order valence-electron chi connectivity index (χ1n) is 8.39. The summed E-state index contributed by atoms with van der Waals surface area (Å²) in [6, 6.07) is 9.64. The predicted octanol–water partition coefficient (Wildman–Crippen LogP) is 3.24. The van der Waals surface area contributed by atoms with E-state index in [1.165, 1.54) is 16.1 Å².